The fourth-order valence-corrected chi connectivity index (χ4v) is 5.67. The molecular weight excluding hydrogens is 465 g/mol. The van der Waals surface area contributed by atoms with Crippen LogP contribution in [-0.2, 0) is 0 Å². The zero-order valence-corrected chi connectivity index (χ0v) is 19.8. The molecule has 2 saturated heterocycles. The maximum Gasteiger partial charge on any atom is 0.185 e. The Bertz CT molecular complexity index is 1310. The highest BCUT2D eigenvalue weighted by Crippen LogP contribution is 2.39. The van der Waals surface area contributed by atoms with Gasteiger partial charge in [0.2, 0.25) is 0 Å². The molecule has 1 aliphatic carbocycles. The maximum atomic E-state index is 15.5. The number of aromatic nitrogens is 5. The second kappa shape index (κ2) is 9.31. The van der Waals surface area contributed by atoms with E-state index < -0.39 is 12.4 Å². The Kier molecular flexibility index (Phi) is 5.15. The Balaban J connectivity index is 1.23. The van der Waals surface area contributed by atoms with Crippen LogP contribution in [0.4, 0.5) is 10.2 Å². The summed E-state index contributed by atoms with van der Waals surface area (Å²) in [7, 11) is 0. The highest BCUT2D eigenvalue weighted by Gasteiger charge is 2.46. The number of fused-ring (bicyclic) bond motifs is 2. The molecule has 0 spiro atoms. The van der Waals surface area contributed by atoms with Crippen molar-refractivity contribution in [3.63, 3.8) is 0 Å². The van der Waals surface area contributed by atoms with E-state index in [0.29, 0.717) is 40.3 Å². The molecule has 35 heavy (non-hydrogen) atoms. The van der Waals surface area contributed by atoms with Crippen molar-refractivity contribution in [1.82, 2.24) is 30.7 Å². The van der Waals surface area contributed by atoms with E-state index in [9.17, 15) is 5.11 Å². The molecule has 4 heterocycles. The zero-order chi connectivity index (χ0) is 26.4. The molecule has 0 radical (unpaired) electrons. The van der Waals surface area contributed by atoms with E-state index in [0.717, 1.165) is 38.5 Å². The molecule has 4 atom stereocenters. The lowest BCUT2D eigenvalue weighted by Gasteiger charge is -2.47. The number of hydrogen-bond acceptors (Lipinski definition) is 9. The van der Waals surface area contributed by atoms with Crippen molar-refractivity contribution < 1.29 is 13.6 Å². The Morgan fingerprint density at radius 3 is 2.80 bits per heavy atom. The van der Waals surface area contributed by atoms with Gasteiger partial charge < -0.3 is 15.3 Å². The number of phenols is 1. The van der Waals surface area contributed by atoms with Crippen LogP contribution in [-0.4, -0.2) is 67.0 Å². The number of benzene rings is 1. The van der Waals surface area contributed by atoms with Gasteiger partial charge in [-0.2, -0.15) is 5.10 Å². The number of anilines is 1. The third-order valence-electron chi connectivity index (χ3n) is 7.22. The SMILES string of the molecule is [2H]C([2H])([2H])Sc1cc(-c2ccc(-c3ncc(N(C4CC4)[C@@H]4C[C@@H]5CCC[C@H](N5)[C@@H]4F)nn3)c(O)c2)cnn1. The van der Waals surface area contributed by atoms with Gasteiger partial charge in [-0.15, -0.1) is 27.1 Å². The van der Waals surface area contributed by atoms with Crippen LogP contribution >= 0.6 is 11.8 Å². The third kappa shape index (κ3) is 4.45. The van der Waals surface area contributed by atoms with E-state index in [1.807, 2.05) is 0 Å². The summed E-state index contributed by atoms with van der Waals surface area (Å²) in [6, 6.07) is 6.86. The van der Waals surface area contributed by atoms with E-state index in [-0.39, 0.29) is 34.7 Å². The molecule has 1 aromatic carbocycles. The van der Waals surface area contributed by atoms with Crippen molar-refractivity contribution in [3.8, 4) is 28.3 Å². The largest absolute Gasteiger partial charge is 0.507 e. The molecule has 0 unspecified atom stereocenters. The molecule has 2 N–H and O–H groups in total. The van der Waals surface area contributed by atoms with Crippen LogP contribution in [0.1, 0.15) is 42.6 Å². The van der Waals surface area contributed by atoms with Gasteiger partial charge in [0.25, 0.3) is 0 Å². The molecular formula is C25H28FN7OS. The normalized spacial score (nSPS) is 27.5. The van der Waals surface area contributed by atoms with Gasteiger partial charge in [-0.05, 0) is 62.1 Å². The first-order chi connectivity index (χ1) is 18.2. The number of thioether (sulfide) groups is 1. The molecule has 3 aliphatic rings. The number of rotatable bonds is 6. The van der Waals surface area contributed by atoms with Gasteiger partial charge in [0, 0.05) is 27.8 Å². The molecule has 0 amide bonds. The highest BCUT2D eigenvalue weighted by molar-refractivity contribution is 7.98. The Morgan fingerprint density at radius 1 is 1.11 bits per heavy atom. The second-order valence-electron chi connectivity index (χ2n) is 9.54. The third-order valence-corrected chi connectivity index (χ3v) is 7.62. The fourth-order valence-electron chi connectivity index (χ4n) is 5.39. The minimum Gasteiger partial charge on any atom is -0.507 e. The van der Waals surface area contributed by atoms with Crippen LogP contribution in [0.15, 0.2) is 41.7 Å². The minimum absolute atomic E-state index is 0.0482. The molecule has 3 aromatic rings. The van der Waals surface area contributed by atoms with Crippen LogP contribution in [0.25, 0.3) is 22.5 Å². The molecule has 2 aromatic heterocycles. The van der Waals surface area contributed by atoms with Gasteiger partial charge >= 0.3 is 0 Å². The number of phenolic OH excluding ortho intramolecular Hbond substituents is 1. The summed E-state index contributed by atoms with van der Waals surface area (Å²) in [5.41, 5.74) is 1.67. The average Bonchev–Trinajstić information content (AvgIpc) is 3.72. The number of halogens is 1. The van der Waals surface area contributed by atoms with E-state index in [4.69, 9.17) is 4.11 Å². The van der Waals surface area contributed by atoms with Crippen LogP contribution in [0, 0.1) is 0 Å². The molecule has 2 aliphatic heterocycles. The summed E-state index contributed by atoms with van der Waals surface area (Å²) in [6.07, 6.45) is 5.70. The lowest BCUT2D eigenvalue weighted by molar-refractivity contribution is 0.104. The fraction of sp³-hybridized carbons (Fsp3) is 0.480. The van der Waals surface area contributed by atoms with E-state index in [1.54, 1.807) is 30.5 Å². The van der Waals surface area contributed by atoms with Gasteiger partial charge in [0.05, 0.1) is 24.0 Å². The second-order valence-corrected chi connectivity index (χ2v) is 10.2. The van der Waals surface area contributed by atoms with Crippen LogP contribution in [0.3, 0.4) is 0 Å². The predicted octanol–water partition coefficient (Wildman–Crippen LogP) is 4.01. The summed E-state index contributed by atoms with van der Waals surface area (Å²) >= 11 is 0.643. The topological polar surface area (TPSA) is 100.0 Å². The Labute approximate surface area is 212 Å². The standard InChI is InChI=1S/C25H28FN7OS/c1-35-23-10-15(12-28-31-23)14-5-8-18(21(34)9-14)25-27-13-22(30-32-25)33(17-6-7-17)20-11-16-3-2-4-19(29-16)24(20)26/h5,8-10,12-13,16-17,19-20,24,29,34H,2-4,6-7,11H2,1H3/t16-,19-,20+,24-/m0/s1/i1D3. The van der Waals surface area contributed by atoms with Crippen molar-refractivity contribution in [2.45, 2.75) is 73.9 Å². The van der Waals surface area contributed by atoms with Gasteiger partial charge in [-0.3, -0.25) is 0 Å². The van der Waals surface area contributed by atoms with E-state index >= 15 is 4.39 Å². The summed E-state index contributed by atoms with van der Waals surface area (Å²) in [6.45, 7) is 0. The van der Waals surface area contributed by atoms with Gasteiger partial charge in [0.1, 0.15) is 16.9 Å². The quantitative estimate of drug-likeness (QED) is 0.490. The van der Waals surface area contributed by atoms with Crippen LogP contribution in [0.5, 0.6) is 5.75 Å². The van der Waals surface area contributed by atoms with Gasteiger partial charge in [-0.25, -0.2) is 9.37 Å². The van der Waals surface area contributed by atoms with Crippen LogP contribution in [0.2, 0.25) is 0 Å². The predicted molar refractivity (Wildman–Crippen MR) is 133 cm³/mol. The summed E-state index contributed by atoms with van der Waals surface area (Å²) in [5, 5.41) is 31.0. The first-order valence-electron chi connectivity index (χ1n) is 13.5. The van der Waals surface area contributed by atoms with Crippen molar-refractivity contribution in [2.75, 3.05) is 11.1 Å². The van der Waals surface area contributed by atoms with Crippen molar-refractivity contribution >= 4 is 17.6 Å². The highest BCUT2D eigenvalue weighted by atomic mass is 32.2. The number of alkyl halides is 1. The first-order valence-corrected chi connectivity index (χ1v) is 12.8. The molecule has 1 saturated carbocycles. The smallest absolute Gasteiger partial charge is 0.185 e. The Hall–Kier alpha value is -2.85. The van der Waals surface area contributed by atoms with Gasteiger partial charge in [-0.1, -0.05) is 12.5 Å². The lowest BCUT2D eigenvalue weighted by atomic mass is 9.82. The molecule has 6 rings (SSSR count). The van der Waals surface area contributed by atoms with E-state index in [1.165, 1.54) is 6.20 Å². The van der Waals surface area contributed by atoms with Crippen LogP contribution < -0.4 is 10.2 Å². The number of hydrogen-bond donors (Lipinski definition) is 2. The number of nitrogens with zero attached hydrogens (tertiary/aromatic N) is 6. The molecule has 2 bridgehead atoms. The van der Waals surface area contributed by atoms with E-state index in [2.05, 4.69) is 35.6 Å². The molecule has 10 heteroatoms. The number of piperidine rings is 2. The maximum absolute atomic E-state index is 15.5. The average molecular weight is 497 g/mol. The first kappa shape index (κ1) is 19.4. The Morgan fingerprint density at radius 2 is 2.03 bits per heavy atom. The molecule has 182 valence electrons. The number of nitrogens with one attached hydrogen (secondary N) is 1. The molecule has 8 nitrogen and oxygen atoms in total. The minimum atomic E-state index is -2.23. The van der Waals surface area contributed by atoms with Crippen molar-refractivity contribution in [2.24, 2.45) is 0 Å². The van der Waals surface area contributed by atoms with Crippen molar-refractivity contribution in [3.05, 3.63) is 36.7 Å². The number of aromatic hydroxyl groups is 1. The lowest BCUT2D eigenvalue weighted by Crippen LogP contribution is -2.62. The molecule has 3 fully saturated rings. The van der Waals surface area contributed by atoms with Crippen molar-refractivity contribution in [1.29, 1.82) is 0 Å². The summed E-state index contributed by atoms with van der Waals surface area (Å²) in [4.78, 5) is 6.58. The summed E-state index contributed by atoms with van der Waals surface area (Å²) in [5.74, 6) is 0.786. The monoisotopic (exact) mass is 496 g/mol. The zero-order valence-electron chi connectivity index (χ0n) is 22.0. The van der Waals surface area contributed by atoms with Gasteiger partial charge in [0.15, 0.2) is 11.6 Å². The summed E-state index contributed by atoms with van der Waals surface area (Å²) < 4.78 is 37.7.